The van der Waals surface area contributed by atoms with Crippen molar-refractivity contribution in [3.63, 3.8) is 0 Å². The van der Waals surface area contributed by atoms with Crippen LogP contribution in [0.5, 0.6) is 11.5 Å². The number of hydrogen-bond donors (Lipinski definition) is 2. The predicted octanol–water partition coefficient (Wildman–Crippen LogP) is 2.60. The molecule has 22 heavy (non-hydrogen) atoms. The summed E-state index contributed by atoms with van der Waals surface area (Å²) in [7, 11) is 2.93. The van der Waals surface area contributed by atoms with Crippen LogP contribution in [0.4, 0.5) is 5.69 Å². The lowest BCUT2D eigenvalue weighted by molar-refractivity contribution is -0.127. The van der Waals surface area contributed by atoms with Crippen LogP contribution in [0.3, 0.4) is 0 Å². The SMILES string of the molecule is COc1cc(NC(=O)CC(=O)NC(C)(C)C)c(OC)cc1Cl. The Labute approximate surface area is 135 Å². The van der Waals surface area contributed by atoms with Crippen molar-refractivity contribution in [2.24, 2.45) is 0 Å². The molecule has 0 radical (unpaired) electrons. The molecule has 6 nitrogen and oxygen atoms in total. The molecular weight excluding hydrogens is 308 g/mol. The molecule has 1 aromatic rings. The monoisotopic (exact) mass is 328 g/mol. The van der Waals surface area contributed by atoms with E-state index < -0.39 is 11.4 Å². The Morgan fingerprint density at radius 2 is 1.68 bits per heavy atom. The van der Waals surface area contributed by atoms with Gasteiger partial charge in [0.15, 0.2) is 0 Å². The highest BCUT2D eigenvalue weighted by Crippen LogP contribution is 2.35. The van der Waals surface area contributed by atoms with E-state index >= 15 is 0 Å². The number of ether oxygens (including phenoxy) is 2. The zero-order valence-corrected chi connectivity index (χ0v) is 14.1. The van der Waals surface area contributed by atoms with E-state index in [1.807, 2.05) is 20.8 Å². The quantitative estimate of drug-likeness (QED) is 0.815. The number of nitrogens with one attached hydrogen (secondary N) is 2. The summed E-state index contributed by atoms with van der Waals surface area (Å²) < 4.78 is 10.3. The summed E-state index contributed by atoms with van der Waals surface area (Å²) in [4.78, 5) is 23.7. The molecule has 0 bridgehead atoms. The molecule has 7 heteroatoms. The molecule has 2 amide bonds. The summed E-state index contributed by atoms with van der Waals surface area (Å²) in [6.45, 7) is 5.53. The molecule has 1 aromatic carbocycles. The van der Waals surface area contributed by atoms with Crippen LogP contribution in [-0.2, 0) is 9.59 Å². The second kappa shape index (κ2) is 7.35. The van der Waals surface area contributed by atoms with Crippen LogP contribution in [0.2, 0.25) is 5.02 Å². The third kappa shape index (κ3) is 5.44. The van der Waals surface area contributed by atoms with Gasteiger partial charge in [0.1, 0.15) is 17.9 Å². The number of rotatable bonds is 5. The van der Waals surface area contributed by atoms with Crippen molar-refractivity contribution >= 4 is 29.1 Å². The van der Waals surface area contributed by atoms with E-state index in [1.54, 1.807) is 6.07 Å². The van der Waals surface area contributed by atoms with E-state index in [1.165, 1.54) is 20.3 Å². The fraction of sp³-hybridized carbons (Fsp3) is 0.467. The number of hydrogen-bond acceptors (Lipinski definition) is 4. The fourth-order valence-electron chi connectivity index (χ4n) is 1.76. The van der Waals surface area contributed by atoms with Gasteiger partial charge in [-0.25, -0.2) is 0 Å². The minimum absolute atomic E-state index is 0.286. The van der Waals surface area contributed by atoms with E-state index in [0.717, 1.165) is 0 Å². The van der Waals surface area contributed by atoms with Crippen molar-refractivity contribution in [1.82, 2.24) is 5.32 Å². The molecule has 122 valence electrons. The minimum Gasteiger partial charge on any atom is -0.495 e. The van der Waals surface area contributed by atoms with Gasteiger partial charge >= 0.3 is 0 Å². The highest BCUT2D eigenvalue weighted by atomic mass is 35.5. The molecule has 0 aliphatic rings. The molecule has 0 atom stereocenters. The first kappa shape index (κ1) is 18.1. The van der Waals surface area contributed by atoms with Crippen molar-refractivity contribution < 1.29 is 19.1 Å². The van der Waals surface area contributed by atoms with E-state index in [2.05, 4.69) is 10.6 Å². The maximum atomic E-state index is 12.0. The van der Waals surface area contributed by atoms with Gasteiger partial charge in [-0.15, -0.1) is 0 Å². The molecule has 0 aromatic heterocycles. The Bertz CT molecular complexity index is 567. The predicted molar refractivity (Wildman–Crippen MR) is 85.7 cm³/mol. The van der Waals surface area contributed by atoms with Crippen LogP contribution < -0.4 is 20.1 Å². The smallest absolute Gasteiger partial charge is 0.233 e. The van der Waals surface area contributed by atoms with Crippen molar-refractivity contribution in [1.29, 1.82) is 0 Å². The van der Waals surface area contributed by atoms with Crippen LogP contribution >= 0.6 is 11.6 Å². The summed E-state index contributed by atoms with van der Waals surface area (Å²) >= 11 is 5.99. The highest BCUT2D eigenvalue weighted by Gasteiger charge is 2.18. The Morgan fingerprint density at radius 1 is 1.09 bits per heavy atom. The standard InChI is InChI=1S/C15H21ClN2O4/c1-15(2,3)18-14(20)8-13(19)17-10-7-11(21-4)9(16)6-12(10)22-5/h6-7H,8H2,1-5H3,(H,17,19)(H,18,20). The van der Waals surface area contributed by atoms with Gasteiger partial charge in [0.2, 0.25) is 11.8 Å². The Morgan fingerprint density at radius 3 is 2.18 bits per heavy atom. The number of benzene rings is 1. The molecular formula is C15H21ClN2O4. The van der Waals surface area contributed by atoms with Crippen LogP contribution in [0.25, 0.3) is 0 Å². The zero-order chi connectivity index (χ0) is 16.9. The van der Waals surface area contributed by atoms with Crippen LogP contribution in [0, 0.1) is 0 Å². The second-order valence-corrected chi connectivity index (χ2v) is 6.12. The average molecular weight is 329 g/mol. The fourth-order valence-corrected chi connectivity index (χ4v) is 1.99. The van der Waals surface area contributed by atoms with Crippen LogP contribution in [0.1, 0.15) is 27.2 Å². The molecule has 0 unspecified atom stereocenters. The molecule has 0 saturated heterocycles. The average Bonchev–Trinajstić information content (AvgIpc) is 2.37. The van der Waals surface area contributed by atoms with E-state index in [4.69, 9.17) is 21.1 Å². The molecule has 0 heterocycles. The molecule has 2 N–H and O–H groups in total. The lowest BCUT2D eigenvalue weighted by Gasteiger charge is -2.20. The number of methoxy groups -OCH3 is 2. The summed E-state index contributed by atoms with van der Waals surface area (Å²) in [6, 6.07) is 3.08. The maximum absolute atomic E-state index is 12.0. The zero-order valence-electron chi connectivity index (χ0n) is 13.4. The first-order valence-corrected chi connectivity index (χ1v) is 7.06. The van der Waals surface area contributed by atoms with E-state index in [-0.39, 0.29) is 12.3 Å². The number of anilines is 1. The molecule has 0 spiro atoms. The molecule has 0 aliphatic heterocycles. The van der Waals surface area contributed by atoms with E-state index in [0.29, 0.717) is 22.2 Å². The maximum Gasteiger partial charge on any atom is 0.233 e. The van der Waals surface area contributed by atoms with Crippen LogP contribution in [0.15, 0.2) is 12.1 Å². The van der Waals surface area contributed by atoms with Crippen molar-refractivity contribution in [3.05, 3.63) is 17.2 Å². The first-order chi connectivity index (χ1) is 10.2. The van der Waals surface area contributed by atoms with Crippen molar-refractivity contribution in [3.8, 4) is 11.5 Å². The topological polar surface area (TPSA) is 76.7 Å². The lowest BCUT2D eigenvalue weighted by atomic mass is 10.1. The number of amides is 2. The summed E-state index contributed by atoms with van der Waals surface area (Å²) in [6.07, 6.45) is -0.286. The third-order valence-electron chi connectivity index (χ3n) is 2.58. The van der Waals surface area contributed by atoms with Crippen LogP contribution in [-0.4, -0.2) is 31.6 Å². The number of carbonyl (C=O) groups excluding carboxylic acids is 2. The largest absolute Gasteiger partial charge is 0.495 e. The molecule has 0 fully saturated rings. The summed E-state index contributed by atoms with van der Waals surface area (Å²) in [5.74, 6) is -0.0263. The molecule has 0 aliphatic carbocycles. The first-order valence-electron chi connectivity index (χ1n) is 6.68. The summed E-state index contributed by atoms with van der Waals surface area (Å²) in [5.41, 5.74) is -0.00393. The van der Waals surface area contributed by atoms with Crippen molar-refractivity contribution in [2.45, 2.75) is 32.7 Å². The van der Waals surface area contributed by atoms with Gasteiger partial charge < -0.3 is 20.1 Å². The van der Waals surface area contributed by atoms with Crippen molar-refractivity contribution in [2.75, 3.05) is 19.5 Å². The Balaban J connectivity index is 2.81. The molecule has 0 saturated carbocycles. The van der Waals surface area contributed by atoms with Gasteiger partial charge in [-0.3, -0.25) is 9.59 Å². The van der Waals surface area contributed by atoms with Gasteiger partial charge in [-0.2, -0.15) is 0 Å². The highest BCUT2D eigenvalue weighted by molar-refractivity contribution is 6.32. The number of halogens is 1. The van der Waals surface area contributed by atoms with Gasteiger partial charge in [0.05, 0.1) is 24.9 Å². The summed E-state index contributed by atoms with van der Waals surface area (Å²) in [5, 5.41) is 5.70. The van der Waals surface area contributed by atoms with Gasteiger partial charge in [-0.1, -0.05) is 11.6 Å². The third-order valence-corrected chi connectivity index (χ3v) is 2.88. The van der Waals surface area contributed by atoms with E-state index in [9.17, 15) is 9.59 Å². The Hall–Kier alpha value is -1.95. The Kier molecular flexibility index (Phi) is 6.05. The number of carbonyl (C=O) groups is 2. The van der Waals surface area contributed by atoms with Gasteiger partial charge in [0, 0.05) is 17.7 Å². The van der Waals surface area contributed by atoms with Gasteiger partial charge in [0.25, 0.3) is 0 Å². The lowest BCUT2D eigenvalue weighted by Crippen LogP contribution is -2.41. The normalized spacial score (nSPS) is 10.8. The molecule has 1 rings (SSSR count). The minimum atomic E-state index is -0.454. The second-order valence-electron chi connectivity index (χ2n) is 5.71. The van der Waals surface area contributed by atoms with Gasteiger partial charge in [-0.05, 0) is 20.8 Å².